The number of amides is 1. The summed E-state index contributed by atoms with van der Waals surface area (Å²) < 4.78 is 14.5. The quantitative estimate of drug-likeness (QED) is 0.586. The fourth-order valence-electron chi connectivity index (χ4n) is 3.46. The van der Waals surface area contributed by atoms with E-state index in [1.165, 1.54) is 23.5 Å². The van der Waals surface area contributed by atoms with Crippen LogP contribution >= 0.6 is 27.3 Å². The van der Waals surface area contributed by atoms with E-state index in [9.17, 15) is 9.18 Å². The Morgan fingerprint density at radius 3 is 2.93 bits per heavy atom. The predicted molar refractivity (Wildman–Crippen MR) is 115 cm³/mol. The van der Waals surface area contributed by atoms with Crippen LogP contribution in [0.3, 0.4) is 0 Å². The molecule has 3 aromatic rings. The summed E-state index contributed by atoms with van der Waals surface area (Å²) in [4.78, 5) is 28.8. The third-order valence-electron chi connectivity index (χ3n) is 4.78. The van der Waals surface area contributed by atoms with Gasteiger partial charge in [-0.15, -0.1) is 11.3 Å². The Labute approximate surface area is 180 Å². The number of hydrogen-bond donors (Lipinski definition) is 1. The maximum absolute atomic E-state index is 13.7. The first kappa shape index (κ1) is 19.9. The number of anilines is 1. The molecule has 0 aliphatic carbocycles. The van der Waals surface area contributed by atoms with Gasteiger partial charge in [0, 0.05) is 31.5 Å². The number of carbonyl (C=O) groups excluding carboxylic acids is 1. The number of rotatable bonds is 5. The number of nitrogens with one attached hydrogen (secondary N) is 1. The van der Waals surface area contributed by atoms with Crippen LogP contribution in [0.1, 0.15) is 28.3 Å². The molecule has 0 radical (unpaired) electrons. The van der Waals surface area contributed by atoms with Gasteiger partial charge in [0.15, 0.2) is 0 Å². The van der Waals surface area contributed by atoms with Crippen LogP contribution in [0.15, 0.2) is 41.1 Å². The summed E-state index contributed by atoms with van der Waals surface area (Å²) >= 11 is 4.73. The maximum atomic E-state index is 13.7. The minimum Gasteiger partial charge on any atom is -0.352 e. The van der Waals surface area contributed by atoms with Gasteiger partial charge in [0.25, 0.3) is 5.91 Å². The van der Waals surface area contributed by atoms with Gasteiger partial charge < -0.3 is 10.2 Å². The highest BCUT2D eigenvalue weighted by Crippen LogP contribution is 2.32. The molecule has 29 heavy (non-hydrogen) atoms. The highest BCUT2D eigenvalue weighted by Gasteiger charge is 2.32. The van der Waals surface area contributed by atoms with Crippen molar-refractivity contribution >= 4 is 39.1 Å². The lowest BCUT2D eigenvalue weighted by Gasteiger charge is -2.24. The monoisotopic (exact) mass is 475 g/mol. The molecule has 1 amide bonds. The first-order valence-corrected chi connectivity index (χ1v) is 10.9. The summed E-state index contributed by atoms with van der Waals surface area (Å²) in [5.41, 5.74) is 1.07. The van der Waals surface area contributed by atoms with Crippen LogP contribution in [0, 0.1) is 12.7 Å². The summed E-state index contributed by atoms with van der Waals surface area (Å²) in [5.74, 6) is 0.0804. The molecular weight excluding hydrogens is 457 g/mol. The Hall–Kier alpha value is -2.39. The third kappa shape index (κ3) is 4.45. The number of benzene rings is 1. The third-order valence-corrected chi connectivity index (χ3v) is 6.21. The molecule has 1 atom stereocenters. The van der Waals surface area contributed by atoms with Crippen molar-refractivity contribution in [2.75, 3.05) is 18.4 Å². The van der Waals surface area contributed by atoms with Crippen molar-refractivity contribution in [1.29, 1.82) is 0 Å². The molecule has 150 valence electrons. The van der Waals surface area contributed by atoms with Gasteiger partial charge in [-0.2, -0.15) is 0 Å². The molecule has 9 heteroatoms. The highest BCUT2D eigenvalue weighted by molar-refractivity contribution is 9.10. The van der Waals surface area contributed by atoms with Crippen molar-refractivity contribution < 1.29 is 9.18 Å². The molecule has 4 rings (SSSR count). The second kappa shape index (κ2) is 8.54. The van der Waals surface area contributed by atoms with Gasteiger partial charge in [0.1, 0.15) is 11.5 Å². The average molecular weight is 476 g/mol. The number of nitrogens with zero attached hydrogens (tertiary/aromatic N) is 4. The van der Waals surface area contributed by atoms with Crippen molar-refractivity contribution in [2.24, 2.45) is 0 Å². The van der Waals surface area contributed by atoms with E-state index >= 15 is 0 Å². The normalized spacial score (nSPS) is 16.2. The predicted octanol–water partition coefficient (Wildman–Crippen LogP) is 4.53. The summed E-state index contributed by atoms with van der Waals surface area (Å²) in [5, 5.41) is 3.99. The van der Waals surface area contributed by atoms with Crippen molar-refractivity contribution in [3.05, 3.63) is 57.7 Å². The number of carbonyl (C=O) groups is 1. The van der Waals surface area contributed by atoms with Gasteiger partial charge in [-0.05, 0) is 53.4 Å². The fraction of sp³-hybridized carbons (Fsp3) is 0.300. The lowest BCUT2D eigenvalue weighted by atomic mass is 10.1. The lowest BCUT2D eigenvalue weighted by molar-refractivity contribution is 0.0739. The van der Waals surface area contributed by atoms with E-state index in [4.69, 9.17) is 0 Å². The van der Waals surface area contributed by atoms with E-state index in [-0.39, 0.29) is 17.8 Å². The van der Waals surface area contributed by atoms with Crippen LogP contribution in [0.25, 0.3) is 10.4 Å². The van der Waals surface area contributed by atoms with Gasteiger partial charge in [-0.3, -0.25) is 4.79 Å². The Kier molecular flexibility index (Phi) is 5.86. The molecule has 1 fully saturated rings. The molecule has 3 heterocycles. The van der Waals surface area contributed by atoms with Gasteiger partial charge in [-0.1, -0.05) is 12.1 Å². The van der Waals surface area contributed by atoms with E-state index in [0.29, 0.717) is 35.2 Å². The molecule has 1 N–H and O–H groups in total. The van der Waals surface area contributed by atoms with E-state index in [1.807, 2.05) is 11.8 Å². The molecular formula is C20H19BrFN5OS. The van der Waals surface area contributed by atoms with Gasteiger partial charge in [0.2, 0.25) is 5.95 Å². The first-order valence-electron chi connectivity index (χ1n) is 9.27. The molecule has 0 spiro atoms. The van der Waals surface area contributed by atoms with Gasteiger partial charge >= 0.3 is 0 Å². The molecule has 1 aliphatic heterocycles. The zero-order valence-corrected chi connectivity index (χ0v) is 18.1. The number of thiazole rings is 1. The number of likely N-dealkylation sites (tertiary alicyclic amines) is 1. The van der Waals surface area contributed by atoms with Crippen molar-refractivity contribution in [1.82, 2.24) is 19.9 Å². The summed E-state index contributed by atoms with van der Waals surface area (Å²) in [6.07, 6.45) is 5.18. The van der Waals surface area contributed by atoms with Crippen LogP contribution in [0.2, 0.25) is 0 Å². The molecule has 6 nitrogen and oxygen atoms in total. The topological polar surface area (TPSA) is 71.0 Å². The molecule has 1 aliphatic rings. The van der Waals surface area contributed by atoms with E-state index in [0.717, 1.165) is 22.3 Å². The molecule has 1 aromatic carbocycles. The van der Waals surface area contributed by atoms with Crippen LogP contribution in [-0.4, -0.2) is 44.9 Å². The molecule has 1 saturated heterocycles. The lowest BCUT2D eigenvalue weighted by Crippen LogP contribution is -2.40. The summed E-state index contributed by atoms with van der Waals surface area (Å²) in [6, 6.07) is 6.32. The highest BCUT2D eigenvalue weighted by atomic mass is 79.9. The summed E-state index contributed by atoms with van der Waals surface area (Å²) in [7, 11) is 0. The van der Waals surface area contributed by atoms with E-state index in [2.05, 4.69) is 36.2 Å². The Morgan fingerprint density at radius 1 is 1.38 bits per heavy atom. The van der Waals surface area contributed by atoms with Crippen LogP contribution < -0.4 is 5.32 Å². The number of aromatic nitrogens is 3. The largest absolute Gasteiger partial charge is 0.352 e. The van der Waals surface area contributed by atoms with Gasteiger partial charge in [0.05, 0.1) is 14.4 Å². The average Bonchev–Trinajstić information content (AvgIpc) is 3.33. The van der Waals surface area contributed by atoms with Crippen LogP contribution in [0.4, 0.5) is 10.3 Å². The maximum Gasteiger partial charge on any atom is 0.274 e. The zero-order chi connectivity index (χ0) is 20.4. The zero-order valence-electron chi connectivity index (χ0n) is 15.7. The fourth-order valence-corrected chi connectivity index (χ4v) is 4.57. The minimum atomic E-state index is -0.329. The molecule has 0 saturated carbocycles. The van der Waals surface area contributed by atoms with Crippen molar-refractivity contribution in [2.45, 2.75) is 25.8 Å². The molecule has 0 bridgehead atoms. The second-order valence-electron chi connectivity index (χ2n) is 6.82. The van der Waals surface area contributed by atoms with E-state index in [1.54, 1.807) is 24.5 Å². The number of aryl methyl sites for hydroxylation is 1. The minimum absolute atomic E-state index is 0.0251. The van der Waals surface area contributed by atoms with Crippen molar-refractivity contribution in [3.63, 3.8) is 0 Å². The SMILES string of the molecule is Cc1nc(C(=O)N2CCC[C@H]2CNc2ncc(Br)cn2)c(-c2cccc(F)c2)s1. The van der Waals surface area contributed by atoms with Crippen LogP contribution in [0.5, 0.6) is 0 Å². The molecule has 0 unspecified atom stereocenters. The van der Waals surface area contributed by atoms with Crippen molar-refractivity contribution in [3.8, 4) is 10.4 Å². The number of hydrogen-bond acceptors (Lipinski definition) is 6. The van der Waals surface area contributed by atoms with Gasteiger partial charge in [-0.25, -0.2) is 19.3 Å². The molecule has 2 aromatic heterocycles. The first-order chi connectivity index (χ1) is 14.0. The number of halogens is 2. The summed E-state index contributed by atoms with van der Waals surface area (Å²) in [6.45, 7) is 3.09. The van der Waals surface area contributed by atoms with E-state index < -0.39 is 0 Å². The second-order valence-corrected chi connectivity index (χ2v) is 8.94. The standard InChI is InChI=1S/C20H19BrFN5OS/c1-12-26-17(18(29-12)13-4-2-5-15(22)8-13)19(28)27-7-3-6-16(27)11-25-20-23-9-14(21)10-24-20/h2,4-5,8-10,16H,3,6-7,11H2,1H3,(H,23,24,25)/t16-/m0/s1. The Bertz CT molecular complexity index is 1030. The Morgan fingerprint density at radius 2 is 2.17 bits per heavy atom. The van der Waals surface area contributed by atoms with Crippen LogP contribution in [-0.2, 0) is 0 Å². The Balaban J connectivity index is 1.53. The smallest absolute Gasteiger partial charge is 0.274 e.